The molecule has 2 N–H and O–H groups in total. The Bertz CT molecular complexity index is 113. The highest BCUT2D eigenvalue weighted by molar-refractivity contribution is 8.00. The van der Waals surface area contributed by atoms with Crippen LogP contribution in [0.25, 0.3) is 0 Å². The second-order valence-corrected chi connectivity index (χ2v) is 3.88. The van der Waals surface area contributed by atoms with E-state index < -0.39 is 7.15 Å². The maximum absolute atomic E-state index is 8.55. The van der Waals surface area contributed by atoms with E-state index in [0.717, 1.165) is 13.0 Å². The molecular formula is C6H15NO2PS. The van der Waals surface area contributed by atoms with E-state index in [2.05, 4.69) is 28.8 Å². The van der Waals surface area contributed by atoms with Crippen LogP contribution in [0.1, 0.15) is 32.6 Å². The summed E-state index contributed by atoms with van der Waals surface area (Å²) in [6, 6.07) is 0. The Kier molecular flexibility index (Phi) is 8.81. The molecule has 0 aromatic heterocycles. The maximum atomic E-state index is 8.55. The zero-order chi connectivity index (χ0) is 8.53. The first kappa shape index (κ1) is 11.4. The van der Waals surface area contributed by atoms with Crippen molar-refractivity contribution in [1.29, 1.82) is 0 Å². The molecule has 0 heterocycles. The van der Waals surface area contributed by atoms with Gasteiger partial charge in [-0.15, -0.1) is 0 Å². The number of hydrogen-bond acceptors (Lipinski definition) is 3. The van der Waals surface area contributed by atoms with Gasteiger partial charge in [-0.05, 0) is 18.2 Å². The number of unbranched alkanes of at least 4 members (excludes halogenated alkanes) is 3. The summed E-state index contributed by atoms with van der Waals surface area (Å²) < 4.78 is 4.61. The summed E-state index contributed by atoms with van der Waals surface area (Å²) in [6.45, 7) is 2.94. The first-order valence-electron chi connectivity index (χ1n) is 3.83. The molecule has 0 saturated heterocycles. The minimum Gasteiger partial charge on any atom is -0.319 e. The third-order valence-electron chi connectivity index (χ3n) is 1.28. The van der Waals surface area contributed by atoms with Crippen LogP contribution in [0, 0.1) is 0 Å². The molecule has 0 bridgehead atoms. The van der Waals surface area contributed by atoms with Gasteiger partial charge in [0, 0.05) is 6.54 Å². The Labute approximate surface area is 73.7 Å². The first-order valence-corrected chi connectivity index (χ1v) is 6.06. The van der Waals surface area contributed by atoms with E-state index in [1.54, 1.807) is 0 Å². The summed E-state index contributed by atoms with van der Waals surface area (Å²) in [5.41, 5.74) is 2.62. The Morgan fingerprint density at radius 3 is 2.73 bits per heavy atom. The van der Waals surface area contributed by atoms with Gasteiger partial charge in [-0.2, -0.15) is 5.48 Å². The molecule has 0 fully saturated rings. The van der Waals surface area contributed by atoms with Crippen molar-refractivity contribution in [2.75, 3.05) is 6.54 Å². The van der Waals surface area contributed by atoms with Gasteiger partial charge in [0.05, 0.1) is 0 Å². The Morgan fingerprint density at radius 2 is 2.18 bits per heavy atom. The number of hydroxylamine groups is 1. The average Bonchev–Trinajstić information content (AvgIpc) is 1.96. The third kappa shape index (κ3) is 10.4. The predicted molar refractivity (Wildman–Crippen MR) is 49.7 cm³/mol. The molecule has 0 aliphatic carbocycles. The topological polar surface area (TPSA) is 41.5 Å². The van der Waals surface area contributed by atoms with Gasteiger partial charge < -0.3 is 4.89 Å². The molecule has 0 aliphatic heterocycles. The lowest BCUT2D eigenvalue weighted by molar-refractivity contribution is 0.203. The summed E-state index contributed by atoms with van der Waals surface area (Å²) in [5.74, 6) is 0. The predicted octanol–water partition coefficient (Wildman–Crippen LogP) is 1.85. The van der Waals surface area contributed by atoms with Crippen molar-refractivity contribution in [2.45, 2.75) is 32.6 Å². The van der Waals surface area contributed by atoms with Crippen molar-refractivity contribution in [2.24, 2.45) is 0 Å². The van der Waals surface area contributed by atoms with Gasteiger partial charge in [-0.3, -0.25) is 0 Å². The molecule has 0 aromatic carbocycles. The summed E-state index contributed by atoms with van der Waals surface area (Å²) in [5, 5.41) is 0. The van der Waals surface area contributed by atoms with E-state index in [1.807, 2.05) is 0 Å². The molecule has 0 aromatic rings. The molecule has 0 rings (SSSR count). The smallest absolute Gasteiger partial charge is 0.217 e. The van der Waals surface area contributed by atoms with Crippen molar-refractivity contribution in [3.8, 4) is 0 Å². The van der Waals surface area contributed by atoms with Crippen LogP contribution in [0.2, 0.25) is 0 Å². The molecule has 5 heteroatoms. The SMILES string of the molecule is CCCCCCNO[P](O)=S. The molecule has 1 unspecified atom stereocenters. The fourth-order valence-electron chi connectivity index (χ4n) is 0.725. The van der Waals surface area contributed by atoms with E-state index in [4.69, 9.17) is 4.89 Å². The van der Waals surface area contributed by atoms with Crippen LogP contribution in [-0.2, 0) is 16.4 Å². The van der Waals surface area contributed by atoms with Gasteiger partial charge in [0.2, 0.25) is 7.15 Å². The van der Waals surface area contributed by atoms with E-state index in [-0.39, 0.29) is 0 Å². The molecule has 1 radical (unpaired) electrons. The number of rotatable bonds is 7. The minimum absolute atomic E-state index is 0.774. The molecule has 1 atom stereocenters. The number of hydrogen-bond donors (Lipinski definition) is 2. The molecule has 67 valence electrons. The lowest BCUT2D eigenvalue weighted by Crippen LogP contribution is -2.11. The Morgan fingerprint density at radius 1 is 1.45 bits per heavy atom. The summed E-state index contributed by atoms with van der Waals surface area (Å²) in [4.78, 5) is 8.55. The van der Waals surface area contributed by atoms with E-state index in [1.165, 1.54) is 19.3 Å². The minimum atomic E-state index is -1.65. The fraction of sp³-hybridized carbons (Fsp3) is 1.00. The second-order valence-electron chi connectivity index (χ2n) is 2.28. The van der Waals surface area contributed by atoms with Gasteiger partial charge in [-0.25, -0.2) is 4.62 Å². The average molecular weight is 196 g/mol. The highest BCUT2D eigenvalue weighted by atomic mass is 32.4. The van der Waals surface area contributed by atoms with Crippen LogP contribution < -0.4 is 5.48 Å². The highest BCUT2D eigenvalue weighted by Gasteiger charge is 1.89. The quantitative estimate of drug-likeness (QED) is 0.370. The summed E-state index contributed by atoms with van der Waals surface area (Å²) in [6.07, 6.45) is 4.76. The zero-order valence-electron chi connectivity index (χ0n) is 6.75. The molecule has 0 spiro atoms. The standard InChI is InChI=1S/C6H15NO2PS/c1-2-3-4-5-6-7-9-10(8)11/h7H,2-6H2,1H3,(H,8,11). The van der Waals surface area contributed by atoms with Gasteiger partial charge in [-0.1, -0.05) is 26.2 Å². The summed E-state index contributed by atoms with van der Waals surface area (Å²) >= 11 is 4.42. The molecule has 0 amide bonds. The van der Waals surface area contributed by atoms with Crippen molar-refractivity contribution in [3.05, 3.63) is 0 Å². The molecule has 3 nitrogen and oxygen atoms in total. The van der Waals surface area contributed by atoms with Crippen LogP contribution in [-0.4, -0.2) is 11.4 Å². The molecular weight excluding hydrogens is 181 g/mol. The molecule has 0 aliphatic rings. The molecule has 11 heavy (non-hydrogen) atoms. The first-order chi connectivity index (χ1) is 5.27. The zero-order valence-corrected chi connectivity index (χ0v) is 8.46. The van der Waals surface area contributed by atoms with Crippen LogP contribution in [0.15, 0.2) is 0 Å². The van der Waals surface area contributed by atoms with E-state index in [0.29, 0.717) is 0 Å². The van der Waals surface area contributed by atoms with E-state index in [9.17, 15) is 0 Å². The van der Waals surface area contributed by atoms with Gasteiger partial charge in [0.15, 0.2) is 0 Å². The van der Waals surface area contributed by atoms with Crippen molar-refractivity contribution in [3.63, 3.8) is 0 Å². The van der Waals surface area contributed by atoms with Crippen LogP contribution in [0.5, 0.6) is 0 Å². The van der Waals surface area contributed by atoms with Crippen LogP contribution >= 0.6 is 7.15 Å². The number of nitrogens with one attached hydrogen (secondary N) is 1. The van der Waals surface area contributed by atoms with Gasteiger partial charge in [0.25, 0.3) is 0 Å². The molecule has 0 saturated carbocycles. The van der Waals surface area contributed by atoms with Gasteiger partial charge in [0.1, 0.15) is 0 Å². The van der Waals surface area contributed by atoms with Crippen LogP contribution in [0.3, 0.4) is 0 Å². The fourth-order valence-corrected chi connectivity index (χ4v) is 1.08. The van der Waals surface area contributed by atoms with Crippen molar-refractivity contribution >= 4 is 19.0 Å². The third-order valence-corrected chi connectivity index (χ3v) is 1.78. The highest BCUT2D eigenvalue weighted by Crippen LogP contribution is 2.11. The Balaban J connectivity index is 2.85. The lowest BCUT2D eigenvalue weighted by atomic mass is 10.2. The monoisotopic (exact) mass is 196 g/mol. The second kappa shape index (κ2) is 8.50. The van der Waals surface area contributed by atoms with E-state index >= 15 is 0 Å². The van der Waals surface area contributed by atoms with Crippen molar-refractivity contribution in [1.82, 2.24) is 5.48 Å². The van der Waals surface area contributed by atoms with Crippen molar-refractivity contribution < 1.29 is 9.52 Å². The van der Waals surface area contributed by atoms with Gasteiger partial charge >= 0.3 is 0 Å². The summed E-state index contributed by atoms with van der Waals surface area (Å²) in [7, 11) is -1.65. The maximum Gasteiger partial charge on any atom is 0.217 e. The lowest BCUT2D eigenvalue weighted by Gasteiger charge is -2.01. The Hall–Kier alpha value is 0.400. The van der Waals surface area contributed by atoms with Crippen LogP contribution in [0.4, 0.5) is 0 Å². The normalized spacial score (nSPS) is 11.6. The largest absolute Gasteiger partial charge is 0.319 e.